The van der Waals surface area contributed by atoms with Gasteiger partial charge in [-0.1, -0.05) is 31.6 Å². The molecule has 7 heteroatoms. The number of thiocarbonyl (C=S) groups is 1. The molecule has 1 aliphatic rings. The van der Waals surface area contributed by atoms with Gasteiger partial charge in [0, 0.05) is 6.04 Å². The molecule has 0 heterocycles. The molecule has 0 radical (unpaired) electrons. The zero-order chi connectivity index (χ0) is 14.2. The van der Waals surface area contributed by atoms with Crippen molar-refractivity contribution in [1.29, 1.82) is 0 Å². The van der Waals surface area contributed by atoms with E-state index in [9.17, 15) is 12.8 Å². The predicted molar refractivity (Wildman–Crippen MR) is 74.8 cm³/mol. The SMILES string of the molecule is CCC1CC1NS(=O)(=O)c1cccc(F)c1C(N)=S. The number of nitrogens with one attached hydrogen (secondary N) is 1. The molecular formula is C12H15FN2O2S2. The van der Waals surface area contributed by atoms with Crippen LogP contribution in [0.5, 0.6) is 0 Å². The summed E-state index contributed by atoms with van der Waals surface area (Å²) >= 11 is 4.73. The van der Waals surface area contributed by atoms with Gasteiger partial charge in [-0.05, 0) is 24.5 Å². The number of rotatable bonds is 5. The van der Waals surface area contributed by atoms with E-state index >= 15 is 0 Å². The lowest BCUT2D eigenvalue weighted by molar-refractivity contribution is 0.572. The highest BCUT2D eigenvalue weighted by molar-refractivity contribution is 7.89. The molecule has 2 unspecified atom stereocenters. The fourth-order valence-corrected chi connectivity index (χ4v) is 3.89. The van der Waals surface area contributed by atoms with Crippen LogP contribution in [-0.2, 0) is 10.0 Å². The number of benzene rings is 1. The van der Waals surface area contributed by atoms with Crippen molar-refractivity contribution in [3.63, 3.8) is 0 Å². The van der Waals surface area contributed by atoms with Gasteiger partial charge in [-0.2, -0.15) is 0 Å². The monoisotopic (exact) mass is 302 g/mol. The summed E-state index contributed by atoms with van der Waals surface area (Å²) in [5.74, 6) is -0.366. The first-order valence-electron chi connectivity index (χ1n) is 5.97. The third-order valence-electron chi connectivity index (χ3n) is 3.26. The first-order chi connectivity index (χ1) is 8.86. The van der Waals surface area contributed by atoms with Crippen molar-refractivity contribution in [3.05, 3.63) is 29.6 Å². The maximum atomic E-state index is 13.7. The van der Waals surface area contributed by atoms with Crippen molar-refractivity contribution < 1.29 is 12.8 Å². The van der Waals surface area contributed by atoms with Gasteiger partial charge in [0.05, 0.1) is 10.5 Å². The third kappa shape index (κ3) is 2.93. The zero-order valence-corrected chi connectivity index (χ0v) is 12.0. The molecule has 1 aromatic rings. The summed E-state index contributed by atoms with van der Waals surface area (Å²) < 4.78 is 40.7. The Hall–Kier alpha value is -1.05. The number of hydrogen-bond donors (Lipinski definition) is 2. The zero-order valence-electron chi connectivity index (χ0n) is 10.4. The van der Waals surface area contributed by atoms with Crippen molar-refractivity contribution >= 4 is 27.2 Å². The minimum absolute atomic E-state index is 0.0718. The average Bonchev–Trinajstić information content (AvgIpc) is 3.05. The van der Waals surface area contributed by atoms with E-state index in [2.05, 4.69) is 4.72 Å². The van der Waals surface area contributed by atoms with Crippen LogP contribution in [0.2, 0.25) is 0 Å². The van der Waals surface area contributed by atoms with Gasteiger partial charge in [0.25, 0.3) is 0 Å². The van der Waals surface area contributed by atoms with Gasteiger partial charge in [0.2, 0.25) is 10.0 Å². The molecule has 0 amide bonds. The molecule has 0 aromatic heterocycles. The molecule has 4 nitrogen and oxygen atoms in total. The highest BCUT2D eigenvalue weighted by Gasteiger charge is 2.39. The van der Waals surface area contributed by atoms with Gasteiger partial charge < -0.3 is 5.73 Å². The molecule has 0 aliphatic heterocycles. The summed E-state index contributed by atoms with van der Waals surface area (Å²) in [4.78, 5) is -0.455. The molecule has 1 aliphatic carbocycles. The Balaban J connectivity index is 2.36. The summed E-state index contributed by atoms with van der Waals surface area (Å²) in [6.45, 7) is 2.00. The van der Waals surface area contributed by atoms with Crippen molar-refractivity contribution in [2.75, 3.05) is 0 Å². The summed E-state index contributed by atoms with van der Waals surface area (Å²) in [6, 6.07) is 3.70. The van der Waals surface area contributed by atoms with Crippen LogP contribution in [0.15, 0.2) is 23.1 Å². The van der Waals surface area contributed by atoms with Crippen LogP contribution >= 0.6 is 12.2 Å². The van der Waals surface area contributed by atoms with Gasteiger partial charge in [-0.3, -0.25) is 0 Å². The van der Waals surface area contributed by atoms with Crippen LogP contribution in [0.25, 0.3) is 0 Å². The van der Waals surface area contributed by atoms with Crippen molar-refractivity contribution in [1.82, 2.24) is 4.72 Å². The Morgan fingerprint density at radius 1 is 1.58 bits per heavy atom. The Bertz CT molecular complexity index is 616. The molecule has 3 N–H and O–H groups in total. The maximum absolute atomic E-state index is 13.7. The van der Waals surface area contributed by atoms with Crippen LogP contribution in [-0.4, -0.2) is 19.4 Å². The average molecular weight is 302 g/mol. The summed E-state index contributed by atoms with van der Waals surface area (Å²) in [7, 11) is -3.80. The molecule has 19 heavy (non-hydrogen) atoms. The fourth-order valence-electron chi connectivity index (χ4n) is 2.07. The topological polar surface area (TPSA) is 72.2 Å². The Morgan fingerprint density at radius 2 is 2.26 bits per heavy atom. The first kappa shape index (κ1) is 14.4. The van der Waals surface area contributed by atoms with Crippen LogP contribution in [0.4, 0.5) is 4.39 Å². The molecule has 0 spiro atoms. The number of sulfonamides is 1. The smallest absolute Gasteiger partial charge is 0.241 e. The van der Waals surface area contributed by atoms with E-state index < -0.39 is 15.8 Å². The van der Waals surface area contributed by atoms with Gasteiger partial charge in [-0.25, -0.2) is 17.5 Å². The van der Waals surface area contributed by atoms with Crippen LogP contribution in [0.1, 0.15) is 25.3 Å². The van der Waals surface area contributed by atoms with Crippen molar-refractivity contribution in [3.8, 4) is 0 Å². The third-order valence-corrected chi connectivity index (χ3v) is 5.00. The van der Waals surface area contributed by atoms with Gasteiger partial charge in [-0.15, -0.1) is 0 Å². The van der Waals surface area contributed by atoms with E-state index in [1.165, 1.54) is 12.1 Å². The van der Waals surface area contributed by atoms with E-state index in [-0.39, 0.29) is 21.5 Å². The minimum Gasteiger partial charge on any atom is -0.389 e. The molecule has 1 aromatic carbocycles. The van der Waals surface area contributed by atoms with E-state index in [1.54, 1.807) is 0 Å². The molecule has 104 valence electrons. The standard InChI is InChI=1S/C12H15FN2O2S2/c1-2-7-6-9(7)15-19(16,17)10-5-3-4-8(13)11(10)12(14)18/h3-5,7,9,15H,2,6H2,1H3,(H2,14,18). The van der Waals surface area contributed by atoms with Gasteiger partial charge >= 0.3 is 0 Å². The predicted octanol–water partition coefficient (Wildman–Crippen LogP) is 1.54. The highest BCUT2D eigenvalue weighted by Crippen LogP contribution is 2.34. The molecule has 0 bridgehead atoms. The Morgan fingerprint density at radius 3 is 2.79 bits per heavy atom. The van der Waals surface area contributed by atoms with Gasteiger partial charge in [0.15, 0.2) is 0 Å². The highest BCUT2D eigenvalue weighted by atomic mass is 32.2. The number of halogens is 1. The fraction of sp³-hybridized carbons (Fsp3) is 0.417. The maximum Gasteiger partial charge on any atom is 0.241 e. The second kappa shape index (κ2) is 5.15. The Labute approximate surface area is 117 Å². The lowest BCUT2D eigenvalue weighted by atomic mass is 10.2. The first-order valence-corrected chi connectivity index (χ1v) is 7.86. The molecule has 2 atom stereocenters. The second-order valence-electron chi connectivity index (χ2n) is 4.61. The van der Waals surface area contributed by atoms with E-state index in [4.69, 9.17) is 18.0 Å². The van der Waals surface area contributed by atoms with Gasteiger partial charge in [0.1, 0.15) is 10.8 Å². The van der Waals surface area contributed by atoms with Crippen molar-refractivity contribution in [2.45, 2.75) is 30.7 Å². The molecule has 1 fully saturated rings. The van der Waals surface area contributed by atoms with Crippen LogP contribution in [0, 0.1) is 11.7 Å². The minimum atomic E-state index is -3.80. The number of hydrogen-bond acceptors (Lipinski definition) is 3. The number of nitrogens with two attached hydrogens (primary N) is 1. The Kier molecular flexibility index (Phi) is 3.89. The molecular weight excluding hydrogens is 287 g/mol. The van der Waals surface area contributed by atoms with E-state index in [0.717, 1.165) is 18.9 Å². The summed E-state index contributed by atoms with van der Waals surface area (Å²) in [6.07, 6.45) is 1.73. The van der Waals surface area contributed by atoms with E-state index in [1.807, 2.05) is 6.92 Å². The molecule has 2 rings (SSSR count). The quantitative estimate of drug-likeness (QED) is 0.809. The lowest BCUT2D eigenvalue weighted by Gasteiger charge is -2.11. The normalized spacial score (nSPS) is 22.2. The van der Waals surface area contributed by atoms with Crippen LogP contribution < -0.4 is 10.5 Å². The van der Waals surface area contributed by atoms with Crippen LogP contribution in [0.3, 0.4) is 0 Å². The summed E-state index contributed by atoms with van der Waals surface area (Å²) in [5, 5.41) is 0. The van der Waals surface area contributed by atoms with E-state index in [0.29, 0.717) is 5.92 Å². The molecule has 0 saturated heterocycles. The molecule has 1 saturated carbocycles. The lowest BCUT2D eigenvalue weighted by Crippen LogP contribution is -2.29. The summed E-state index contributed by atoms with van der Waals surface area (Å²) in [5.41, 5.74) is 5.19. The second-order valence-corrected chi connectivity index (χ2v) is 6.73. The van der Waals surface area contributed by atoms with Crippen molar-refractivity contribution in [2.24, 2.45) is 11.7 Å². The largest absolute Gasteiger partial charge is 0.389 e.